The molecule has 0 N–H and O–H groups in total. The first kappa shape index (κ1) is 8.62. The third-order valence-corrected chi connectivity index (χ3v) is 1.46. The van der Waals surface area contributed by atoms with Crippen molar-refractivity contribution in [2.45, 2.75) is 26.3 Å². The van der Waals surface area contributed by atoms with E-state index in [1.54, 1.807) is 6.07 Å². The van der Waals surface area contributed by atoms with Crippen LogP contribution < -0.4 is 0 Å². The lowest BCUT2D eigenvalue weighted by Crippen LogP contribution is -1.84. The van der Waals surface area contributed by atoms with Crippen LogP contribution in [0.15, 0.2) is 15.7 Å². The Hall–Kier alpha value is -1.48. The molecule has 1 heterocycles. The van der Waals surface area contributed by atoms with E-state index in [1.807, 2.05) is 13.8 Å². The minimum atomic E-state index is 0.232. The molecule has 5 heteroatoms. The second-order valence-electron chi connectivity index (χ2n) is 2.76. The van der Waals surface area contributed by atoms with E-state index in [0.717, 1.165) is 5.69 Å². The van der Waals surface area contributed by atoms with Crippen molar-refractivity contribution in [1.29, 1.82) is 0 Å². The standard InChI is InChI=1S/C7H10N4O/c1-5(2)7-3-6(12-10-7)4-9-11-8/h3,5H,4H2,1-2H3. The molecule has 0 bridgehead atoms. The first-order chi connectivity index (χ1) is 5.74. The van der Waals surface area contributed by atoms with Crippen molar-refractivity contribution in [2.24, 2.45) is 5.11 Å². The van der Waals surface area contributed by atoms with Crippen LogP contribution in [0.4, 0.5) is 0 Å². The Morgan fingerprint density at radius 3 is 3.00 bits per heavy atom. The van der Waals surface area contributed by atoms with E-state index in [0.29, 0.717) is 11.7 Å². The fourth-order valence-corrected chi connectivity index (χ4v) is 0.777. The molecule has 0 atom stereocenters. The number of azide groups is 1. The summed E-state index contributed by atoms with van der Waals surface area (Å²) in [6.45, 7) is 4.28. The second kappa shape index (κ2) is 3.78. The van der Waals surface area contributed by atoms with E-state index < -0.39 is 0 Å². The Labute approximate surface area is 70.0 Å². The van der Waals surface area contributed by atoms with E-state index in [2.05, 4.69) is 15.2 Å². The average molecular weight is 166 g/mol. The highest BCUT2D eigenvalue weighted by atomic mass is 16.5. The Kier molecular flexibility index (Phi) is 2.71. The number of hydrogen-bond acceptors (Lipinski definition) is 3. The quantitative estimate of drug-likeness (QED) is 0.393. The zero-order valence-corrected chi connectivity index (χ0v) is 7.06. The summed E-state index contributed by atoms with van der Waals surface area (Å²) in [6, 6.07) is 1.80. The molecule has 0 aliphatic carbocycles. The van der Waals surface area contributed by atoms with Gasteiger partial charge < -0.3 is 4.52 Å². The third-order valence-electron chi connectivity index (χ3n) is 1.46. The lowest BCUT2D eigenvalue weighted by molar-refractivity contribution is 0.376. The largest absolute Gasteiger partial charge is 0.361 e. The van der Waals surface area contributed by atoms with Gasteiger partial charge in [-0.3, -0.25) is 0 Å². The molecule has 0 radical (unpaired) electrons. The van der Waals surface area contributed by atoms with Gasteiger partial charge in [0.15, 0.2) is 0 Å². The van der Waals surface area contributed by atoms with Gasteiger partial charge in [0.05, 0.1) is 12.2 Å². The summed E-state index contributed by atoms with van der Waals surface area (Å²) < 4.78 is 4.91. The van der Waals surface area contributed by atoms with Crippen molar-refractivity contribution < 1.29 is 4.52 Å². The minimum absolute atomic E-state index is 0.232. The summed E-state index contributed by atoms with van der Waals surface area (Å²) in [5.41, 5.74) is 8.93. The summed E-state index contributed by atoms with van der Waals surface area (Å²) in [5, 5.41) is 7.17. The normalized spacial score (nSPS) is 9.92. The molecule has 0 aliphatic heterocycles. The highest BCUT2D eigenvalue weighted by Gasteiger charge is 2.05. The van der Waals surface area contributed by atoms with Gasteiger partial charge in [0.25, 0.3) is 0 Å². The molecule has 64 valence electrons. The molecule has 0 aromatic carbocycles. The molecule has 0 fully saturated rings. The Morgan fingerprint density at radius 2 is 2.50 bits per heavy atom. The van der Waals surface area contributed by atoms with Crippen molar-refractivity contribution >= 4 is 0 Å². The van der Waals surface area contributed by atoms with Gasteiger partial charge in [-0.2, -0.15) is 0 Å². The van der Waals surface area contributed by atoms with Gasteiger partial charge in [-0.1, -0.05) is 24.1 Å². The predicted octanol–water partition coefficient (Wildman–Crippen LogP) is 2.61. The van der Waals surface area contributed by atoms with Crippen LogP contribution in [0.5, 0.6) is 0 Å². The van der Waals surface area contributed by atoms with Gasteiger partial charge in [0.1, 0.15) is 5.76 Å². The lowest BCUT2D eigenvalue weighted by Gasteiger charge is -1.92. The van der Waals surface area contributed by atoms with Crippen LogP contribution in [0.2, 0.25) is 0 Å². The summed E-state index contributed by atoms with van der Waals surface area (Å²) in [4.78, 5) is 2.62. The van der Waals surface area contributed by atoms with Crippen LogP contribution in [-0.4, -0.2) is 5.16 Å². The molecule has 1 aromatic rings. The predicted molar refractivity (Wildman–Crippen MR) is 43.4 cm³/mol. The molecular formula is C7H10N4O. The van der Waals surface area contributed by atoms with Crippen LogP contribution in [0.25, 0.3) is 10.4 Å². The van der Waals surface area contributed by atoms with Crippen LogP contribution >= 0.6 is 0 Å². The first-order valence-electron chi connectivity index (χ1n) is 3.70. The molecule has 1 rings (SSSR count). The smallest absolute Gasteiger partial charge is 0.142 e. The number of hydrogen-bond donors (Lipinski definition) is 0. The van der Waals surface area contributed by atoms with Crippen LogP contribution in [-0.2, 0) is 6.54 Å². The van der Waals surface area contributed by atoms with Crippen molar-refractivity contribution in [1.82, 2.24) is 5.16 Å². The van der Waals surface area contributed by atoms with E-state index in [4.69, 9.17) is 10.1 Å². The third kappa shape index (κ3) is 2.00. The number of aromatic nitrogens is 1. The summed E-state index contributed by atoms with van der Waals surface area (Å²) >= 11 is 0. The molecular weight excluding hydrogens is 156 g/mol. The van der Waals surface area contributed by atoms with Crippen molar-refractivity contribution in [3.05, 3.63) is 28.0 Å². The van der Waals surface area contributed by atoms with Gasteiger partial charge in [0.2, 0.25) is 0 Å². The lowest BCUT2D eigenvalue weighted by atomic mass is 10.1. The van der Waals surface area contributed by atoms with Crippen LogP contribution in [0, 0.1) is 0 Å². The molecule has 12 heavy (non-hydrogen) atoms. The van der Waals surface area contributed by atoms with Gasteiger partial charge in [-0.25, -0.2) is 0 Å². The monoisotopic (exact) mass is 166 g/mol. The zero-order valence-electron chi connectivity index (χ0n) is 7.06. The molecule has 0 saturated heterocycles. The van der Waals surface area contributed by atoms with E-state index in [9.17, 15) is 0 Å². The molecule has 5 nitrogen and oxygen atoms in total. The summed E-state index contributed by atoms with van der Waals surface area (Å²) in [7, 11) is 0. The van der Waals surface area contributed by atoms with Crippen LogP contribution in [0.1, 0.15) is 31.2 Å². The summed E-state index contributed by atoms with van der Waals surface area (Å²) in [5.74, 6) is 0.949. The van der Waals surface area contributed by atoms with Crippen LogP contribution in [0.3, 0.4) is 0 Å². The van der Waals surface area contributed by atoms with Gasteiger partial charge in [-0.15, -0.1) is 0 Å². The molecule has 0 spiro atoms. The van der Waals surface area contributed by atoms with Gasteiger partial charge in [0, 0.05) is 11.0 Å². The number of nitrogens with zero attached hydrogens (tertiary/aromatic N) is 4. The molecule has 0 saturated carbocycles. The van der Waals surface area contributed by atoms with Gasteiger partial charge in [-0.05, 0) is 11.4 Å². The fourth-order valence-electron chi connectivity index (χ4n) is 0.777. The van der Waals surface area contributed by atoms with Crippen molar-refractivity contribution in [3.8, 4) is 0 Å². The van der Waals surface area contributed by atoms with Crippen molar-refractivity contribution in [3.63, 3.8) is 0 Å². The van der Waals surface area contributed by atoms with E-state index >= 15 is 0 Å². The highest BCUT2D eigenvalue weighted by molar-refractivity contribution is 5.08. The highest BCUT2D eigenvalue weighted by Crippen LogP contribution is 2.14. The van der Waals surface area contributed by atoms with E-state index in [1.165, 1.54) is 0 Å². The maximum Gasteiger partial charge on any atom is 0.142 e. The maximum atomic E-state index is 8.04. The Bertz CT molecular complexity index is 298. The second-order valence-corrected chi connectivity index (χ2v) is 2.76. The Morgan fingerprint density at radius 1 is 1.75 bits per heavy atom. The van der Waals surface area contributed by atoms with Crippen molar-refractivity contribution in [2.75, 3.05) is 0 Å². The minimum Gasteiger partial charge on any atom is -0.361 e. The topological polar surface area (TPSA) is 74.8 Å². The summed E-state index contributed by atoms with van der Waals surface area (Å²) in [6.07, 6.45) is 0. The molecule has 1 aromatic heterocycles. The zero-order chi connectivity index (χ0) is 8.97. The fraction of sp³-hybridized carbons (Fsp3) is 0.571. The molecule has 0 aliphatic rings. The SMILES string of the molecule is CC(C)c1cc(CN=[N+]=[N-])on1. The first-order valence-corrected chi connectivity index (χ1v) is 3.70. The maximum absolute atomic E-state index is 8.04. The average Bonchev–Trinajstić information content (AvgIpc) is 2.48. The molecule has 0 unspecified atom stereocenters. The number of rotatable bonds is 3. The molecule has 0 amide bonds. The van der Waals surface area contributed by atoms with E-state index in [-0.39, 0.29) is 6.54 Å². The van der Waals surface area contributed by atoms with Gasteiger partial charge >= 0.3 is 0 Å². The Balaban J connectivity index is 2.70.